The van der Waals surface area contributed by atoms with Crippen LogP contribution in [0, 0.1) is 6.92 Å². The number of aromatic nitrogens is 2. The molecule has 0 aromatic carbocycles. The van der Waals surface area contributed by atoms with E-state index in [-0.39, 0.29) is 5.76 Å². The van der Waals surface area contributed by atoms with Crippen LogP contribution in [0.3, 0.4) is 0 Å². The molecule has 19 heavy (non-hydrogen) atoms. The van der Waals surface area contributed by atoms with Crippen LogP contribution in [-0.2, 0) is 4.74 Å². The van der Waals surface area contributed by atoms with Gasteiger partial charge in [-0.15, -0.1) is 0 Å². The molecule has 102 valence electrons. The highest BCUT2D eigenvalue weighted by atomic mass is 19.4. The summed E-state index contributed by atoms with van der Waals surface area (Å²) in [6.45, 7) is 4.26. The fourth-order valence-electron chi connectivity index (χ4n) is 1.83. The van der Waals surface area contributed by atoms with E-state index >= 15 is 0 Å². The smallest absolute Gasteiger partial charge is 0.431 e. The predicted octanol–water partition coefficient (Wildman–Crippen LogP) is 3.42. The Morgan fingerprint density at radius 1 is 1.26 bits per heavy atom. The summed E-state index contributed by atoms with van der Waals surface area (Å²) in [5, 5.41) is 0. The van der Waals surface area contributed by atoms with E-state index in [1.807, 2.05) is 0 Å². The van der Waals surface area contributed by atoms with Crippen molar-refractivity contribution in [1.82, 2.24) is 9.97 Å². The predicted molar refractivity (Wildman–Crippen MR) is 64.0 cm³/mol. The van der Waals surface area contributed by atoms with Crippen LogP contribution >= 0.6 is 0 Å². The van der Waals surface area contributed by atoms with Crippen LogP contribution in [0.1, 0.15) is 25.4 Å². The van der Waals surface area contributed by atoms with Gasteiger partial charge in [-0.25, -0.2) is 9.97 Å². The minimum Gasteiger partial charge on any atom is -0.472 e. The van der Waals surface area contributed by atoms with E-state index in [1.54, 1.807) is 13.8 Å². The van der Waals surface area contributed by atoms with Gasteiger partial charge in [0.25, 0.3) is 0 Å². The molecular weight excluding hydrogens is 257 g/mol. The molecule has 0 spiro atoms. The molecular formula is C13H13F3N2O. The number of halogens is 3. The number of rotatable bonds is 1. The first-order valence-electron chi connectivity index (χ1n) is 5.68. The summed E-state index contributed by atoms with van der Waals surface area (Å²) in [6, 6.07) is 1.52. The van der Waals surface area contributed by atoms with Crippen molar-refractivity contribution in [1.29, 1.82) is 0 Å². The van der Waals surface area contributed by atoms with Crippen molar-refractivity contribution < 1.29 is 17.9 Å². The number of aryl methyl sites for hydroxylation is 1. The summed E-state index contributed by atoms with van der Waals surface area (Å²) in [5.41, 5.74) is -1.51. The SMILES string of the molecule is CC1=C[C@@](C)(C(F)(F)F)OC(c2ccnc(C)n2)=C1. The fourth-order valence-corrected chi connectivity index (χ4v) is 1.83. The van der Waals surface area contributed by atoms with Gasteiger partial charge in [0, 0.05) is 6.20 Å². The van der Waals surface area contributed by atoms with E-state index in [0.29, 0.717) is 17.1 Å². The summed E-state index contributed by atoms with van der Waals surface area (Å²) in [6.07, 6.45) is -0.407. The molecule has 1 atom stereocenters. The van der Waals surface area contributed by atoms with Gasteiger partial charge in [-0.2, -0.15) is 13.2 Å². The first-order valence-corrected chi connectivity index (χ1v) is 5.68. The Kier molecular flexibility index (Phi) is 3.12. The summed E-state index contributed by atoms with van der Waals surface area (Å²) in [7, 11) is 0. The molecule has 1 aliphatic heterocycles. The lowest BCUT2D eigenvalue weighted by molar-refractivity contribution is -0.231. The summed E-state index contributed by atoms with van der Waals surface area (Å²) >= 11 is 0. The zero-order valence-electron chi connectivity index (χ0n) is 10.7. The minimum atomic E-state index is -4.49. The second kappa shape index (κ2) is 4.36. The molecule has 0 bridgehead atoms. The van der Waals surface area contributed by atoms with Crippen molar-refractivity contribution in [2.75, 3.05) is 0 Å². The van der Waals surface area contributed by atoms with Crippen LogP contribution < -0.4 is 0 Å². The standard InChI is InChI=1S/C13H13F3N2O/c1-8-6-11(10-4-5-17-9(2)18-10)19-12(3,7-8)13(14,15)16/h4-7H,1-3H3/t12-/m0/s1. The van der Waals surface area contributed by atoms with E-state index in [0.717, 1.165) is 13.0 Å². The Morgan fingerprint density at radius 3 is 2.53 bits per heavy atom. The van der Waals surface area contributed by atoms with Crippen LogP contribution in [0.5, 0.6) is 0 Å². The van der Waals surface area contributed by atoms with Crippen molar-refractivity contribution in [3.8, 4) is 0 Å². The fraction of sp³-hybridized carbons (Fsp3) is 0.385. The molecule has 6 heteroatoms. The van der Waals surface area contributed by atoms with Gasteiger partial charge in [0.05, 0.1) is 0 Å². The zero-order chi connectivity index (χ0) is 14.3. The van der Waals surface area contributed by atoms with Crippen molar-refractivity contribution in [3.63, 3.8) is 0 Å². The first kappa shape index (κ1) is 13.6. The van der Waals surface area contributed by atoms with Crippen LogP contribution in [0.15, 0.2) is 30.0 Å². The van der Waals surface area contributed by atoms with Crippen LogP contribution in [-0.4, -0.2) is 21.7 Å². The summed E-state index contributed by atoms with van der Waals surface area (Å²) in [4.78, 5) is 7.99. The first-order chi connectivity index (χ1) is 8.71. The third-order valence-corrected chi connectivity index (χ3v) is 2.78. The Labute approximate surface area is 108 Å². The molecule has 0 amide bonds. The molecule has 0 N–H and O–H groups in total. The Morgan fingerprint density at radius 2 is 1.95 bits per heavy atom. The number of hydrogen-bond donors (Lipinski definition) is 0. The average Bonchev–Trinajstić information content (AvgIpc) is 2.26. The number of nitrogens with zero attached hydrogens (tertiary/aromatic N) is 2. The van der Waals surface area contributed by atoms with Gasteiger partial charge in [-0.05, 0) is 44.6 Å². The largest absolute Gasteiger partial charge is 0.472 e. The Bertz CT molecular complexity index is 563. The van der Waals surface area contributed by atoms with Crippen molar-refractivity contribution in [2.45, 2.75) is 32.5 Å². The maximum Gasteiger partial charge on any atom is 0.431 e. The zero-order valence-corrected chi connectivity index (χ0v) is 10.7. The average molecular weight is 270 g/mol. The van der Waals surface area contributed by atoms with Crippen LogP contribution in [0.25, 0.3) is 5.76 Å². The van der Waals surface area contributed by atoms with Crippen LogP contribution in [0.2, 0.25) is 0 Å². The molecule has 1 aliphatic rings. The molecule has 0 saturated carbocycles. The maximum atomic E-state index is 13.0. The summed E-state index contributed by atoms with van der Waals surface area (Å²) < 4.78 is 44.2. The monoisotopic (exact) mass is 270 g/mol. The molecule has 0 unspecified atom stereocenters. The van der Waals surface area contributed by atoms with Gasteiger partial charge in [-0.3, -0.25) is 0 Å². The molecule has 0 radical (unpaired) electrons. The normalized spacial score (nSPS) is 23.5. The molecule has 0 saturated heterocycles. The highest BCUT2D eigenvalue weighted by Gasteiger charge is 2.53. The van der Waals surface area contributed by atoms with Gasteiger partial charge in [-0.1, -0.05) is 0 Å². The van der Waals surface area contributed by atoms with E-state index < -0.39 is 11.8 Å². The van der Waals surface area contributed by atoms with E-state index in [4.69, 9.17) is 4.74 Å². The molecule has 0 aliphatic carbocycles. The molecule has 1 aromatic rings. The topological polar surface area (TPSA) is 35.0 Å². The molecule has 2 rings (SSSR count). The van der Waals surface area contributed by atoms with Crippen LogP contribution in [0.4, 0.5) is 13.2 Å². The highest BCUT2D eigenvalue weighted by molar-refractivity contribution is 5.62. The third kappa shape index (κ3) is 2.62. The van der Waals surface area contributed by atoms with Gasteiger partial charge >= 0.3 is 6.18 Å². The lowest BCUT2D eigenvalue weighted by Crippen LogP contribution is -2.44. The van der Waals surface area contributed by atoms with Gasteiger partial charge < -0.3 is 4.74 Å². The van der Waals surface area contributed by atoms with E-state index in [9.17, 15) is 13.2 Å². The second-order valence-corrected chi connectivity index (χ2v) is 4.59. The number of alkyl halides is 3. The quantitative estimate of drug-likeness (QED) is 0.784. The highest BCUT2D eigenvalue weighted by Crippen LogP contribution is 2.41. The van der Waals surface area contributed by atoms with E-state index in [1.165, 1.54) is 18.3 Å². The Balaban J connectivity index is 2.43. The summed E-state index contributed by atoms with van der Waals surface area (Å²) in [5.74, 6) is 0.577. The number of allylic oxidation sites excluding steroid dienone is 2. The van der Waals surface area contributed by atoms with Crippen molar-refractivity contribution in [2.24, 2.45) is 0 Å². The minimum absolute atomic E-state index is 0.102. The molecule has 0 fully saturated rings. The van der Waals surface area contributed by atoms with Crippen molar-refractivity contribution in [3.05, 3.63) is 41.5 Å². The van der Waals surface area contributed by atoms with E-state index in [2.05, 4.69) is 9.97 Å². The second-order valence-electron chi connectivity index (χ2n) is 4.59. The third-order valence-electron chi connectivity index (χ3n) is 2.78. The molecule has 2 heterocycles. The molecule has 1 aromatic heterocycles. The van der Waals surface area contributed by atoms with Gasteiger partial charge in [0.2, 0.25) is 5.60 Å². The number of hydrogen-bond acceptors (Lipinski definition) is 3. The van der Waals surface area contributed by atoms with Gasteiger partial charge in [0.15, 0.2) is 0 Å². The van der Waals surface area contributed by atoms with Gasteiger partial charge in [0.1, 0.15) is 17.3 Å². The maximum absolute atomic E-state index is 13.0. The lowest BCUT2D eigenvalue weighted by atomic mass is 9.98. The Hall–Kier alpha value is -1.85. The lowest BCUT2D eigenvalue weighted by Gasteiger charge is -2.33. The molecule has 3 nitrogen and oxygen atoms in total. The van der Waals surface area contributed by atoms with Crippen molar-refractivity contribution >= 4 is 5.76 Å². The number of ether oxygens (including phenoxy) is 1.